The Morgan fingerprint density at radius 2 is 1.68 bits per heavy atom. The third-order valence-corrected chi connectivity index (χ3v) is 8.85. The number of sulfonamides is 1. The molecule has 1 saturated heterocycles. The zero-order chi connectivity index (χ0) is 27.2. The Bertz CT molecular complexity index is 1410. The lowest BCUT2D eigenvalue weighted by atomic mass is 10.0. The molecule has 2 heterocycles. The third kappa shape index (κ3) is 6.16. The predicted molar refractivity (Wildman–Crippen MR) is 129 cm³/mol. The SMILES string of the molecule is CN1CC[C@@H](Oc2cc(NS(=O)(=O)c3cc(-c4ccccc4C(F)(F)F)c(Cl)s3)ccc2C(F)(F)F)C1. The van der Waals surface area contributed by atoms with E-state index in [1.54, 1.807) is 7.05 Å². The molecule has 0 bridgehead atoms. The molecule has 1 atom stereocenters. The van der Waals surface area contributed by atoms with Gasteiger partial charge in [0, 0.05) is 24.7 Å². The van der Waals surface area contributed by atoms with Gasteiger partial charge in [0.1, 0.15) is 20.4 Å². The Hall–Kier alpha value is -2.48. The van der Waals surface area contributed by atoms with Crippen molar-refractivity contribution in [3.8, 4) is 16.9 Å². The van der Waals surface area contributed by atoms with Gasteiger partial charge < -0.3 is 9.64 Å². The van der Waals surface area contributed by atoms with E-state index in [0.717, 1.165) is 24.3 Å². The van der Waals surface area contributed by atoms with E-state index in [4.69, 9.17) is 16.3 Å². The topological polar surface area (TPSA) is 58.6 Å². The van der Waals surface area contributed by atoms with Gasteiger partial charge >= 0.3 is 12.4 Å². The molecular formula is C23H19ClF6N2O3S2. The van der Waals surface area contributed by atoms with Crippen molar-refractivity contribution >= 4 is 38.6 Å². The maximum absolute atomic E-state index is 13.5. The number of nitrogens with zero attached hydrogens (tertiary/aromatic N) is 1. The van der Waals surface area contributed by atoms with Gasteiger partial charge in [-0.3, -0.25) is 4.72 Å². The summed E-state index contributed by atoms with van der Waals surface area (Å²) in [7, 11) is -2.62. The first kappa shape index (κ1) is 27.6. The Balaban J connectivity index is 1.66. The van der Waals surface area contributed by atoms with E-state index in [-0.39, 0.29) is 21.2 Å². The highest BCUT2D eigenvalue weighted by Gasteiger charge is 2.37. The van der Waals surface area contributed by atoms with E-state index >= 15 is 0 Å². The predicted octanol–water partition coefficient (Wildman–Crippen LogP) is 6.99. The fraction of sp³-hybridized carbons (Fsp3) is 0.304. The number of halogens is 7. The monoisotopic (exact) mass is 584 g/mol. The number of alkyl halides is 6. The van der Waals surface area contributed by atoms with E-state index in [0.29, 0.717) is 36.9 Å². The minimum Gasteiger partial charge on any atom is -0.488 e. The number of hydrogen-bond acceptors (Lipinski definition) is 5. The second-order valence-corrected chi connectivity index (χ2v) is 12.0. The van der Waals surface area contributed by atoms with Crippen molar-refractivity contribution < 1.29 is 39.5 Å². The quantitative estimate of drug-likeness (QED) is 0.317. The number of anilines is 1. The van der Waals surface area contributed by atoms with Crippen LogP contribution in [0.4, 0.5) is 32.0 Å². The van der Waals surface area contributed by atoms with Gasteiger partial charge in [0.25, 0.3) is 10.0 Å². The molecule has 0 radical (unpaired) electrons. The molecule has 4 rings (SSSR count). The molecule has 1 aliphatic rings. The average molecular weight is 585 g/mol. The van der Waals surface area contributed by atoms with Crippen LogP contribution in [0.3, 0.4) is 0 Å². The van der Waals surface area contributed by atoms with Gasteiger partial charge in [-0.1, -0.05) is 29.8 Å². The Morgan fingerprint density at radius 3 is 2.30 bits per heavy atom. The summed E-state index contributed by atoms with van der Waals surface area (Å²) in [6.45, 7) is 1.04. The summed E-state index contributed by atoms with van der Waals surface area (Å²) in [5, 5.41) is 0. The summed E-state index contributed by atoms with van der Waals surface area (Å²) < 4.78 is 114. The van der Waals surface area contributed by atoms with Crippen LogP contribution in [0.25, 0.3) is 11.1 Å². The number of nitrogens with one attached hydrogen (secondary N) is 1. The number of benzene rings is 2. The Labute approximate surface area is 217 Å². The first-order valence-electron chi connectivity index (χ1n) is 10.7. The molecule has 14 heteroatoms. The second-order valence-electron chi connectivity index (χ2n) is 8.40. The maximum atomic E-state index is 13.5. The van der Waals surface area contributed by atoms with Gasteiger partial charge in [0.2, 0.25) is 0 Å². The normalized spacial score (nSPS) is 17.2. The highest BCUT2D eigenvalue weighted by atomic mass is 35.5. The van der Waals surface area contributed by atoms with Gasteiger partial charge in [-0.05, 0) is 43.3 Å². The molecule has 0 aliphatic carbocycles. The number of ether oxygens (including phenoxy) is 1. The molecule has 200 valence electrons. The van der Waals surface area contributed by atoms with Gasteiger partial charge in [0.15, 0.2) is 0 Å². The van der Waals surface area contributed by atoms with Gasteiger partial charge in [0.05, 0.1) is 16.8 Å². The van der Waals surface area contributed by atoms with Crippen molar-refractivity contribution in [2.45, 2.75) is 29.1 Å². The molecule has 37 heavy (non-hydrogen) atoms. The van der Waals surface area contributed by atoms with Crippen molar-refractivity contribution in [2.24, 2.45) is 0 Å². The lowest BCUT2D eigenvalue weighted by molar-refractivity contribution is -0.139. The summed E-state index contributed by atoms with van der Waals surface area (Å²) >= 11 is 6.65. The van der Waals surface area contributed by atoms with Crippen LogP contribution in [0.2, 0.25) is 4.34 Å². The molecule has 0 spiro atoms. The maximum Gasteiger partial charge on any atom is 0.419 e. The fourth-order valence-corrected chi connectivity index (χ4v) is 6.72. The van der Waals surface area contributed by atoms with Crippen molar-refractivity contribution in [3.63, 3.8) is 0 Å². The summed E-state index contributed by atoms with van der Waals surface area (Å²) in [5.41, 5.74) is -2.70. The van der Waals surface area contributed by atoms with Crippen molar-refractivity contribution in [3.05, 3.63) is 64.0 Å². The van der Waals surface area contributed by atoms with Crippen LogP contribution in [0.5, 0.6) is 5.75 Å². The fourth-order valence-electron chi connectivity index (χ4n) is 3.92. The van der Waals surface area contributed by atoms with Crippen LogP contribution >= 0.6 is 22.9 Å². The zero-order valence-electron chi connectivity index (χ0n) is 19.0. The van der Waals surface area contributed by atoms with Gasteiger partial charge in [-0.15, -0.1) is 11.3 Å². The third-order valence-electron chi connectivity index (χ3n) is 5.63. The second kappa shape index (κ2) is 10.0. The van der Waals surface area contributed by atoms with Crippen LogP contribution < -0.4 is 9.46 Å². The van der Waals surface area contributed by atoms with Crippen LogP contribution in [0.1, 0.15) is 17.5 Å². The molecule has 1 aromatic heterocycles. The van der Waals surface area contributed by atoms with Crippen molar-refractivity contribution in [1.82, 2.24) is 4.90 Å². The van der Waals surface area contributed by atoms with Crippen LogP contribution in [0, 0.1) is 0 Å². The summed E-state index contributed by atoms with van der Waals surface area (Å²) in [6.07, 6.45) is -9.45. The van der Waals surface area contributed by atoms with Crippen molar-refractivity contribution in [1.29, 1.82) is 0 Å². The summed E-state index contributed by atoms with van der Waals surface area (Å²) in [4.78, 5) is 1.89. The van der Waals surface area contributed by atoms with Gasteiger partial charge in [-0.2, -0.15) is 26.3 Å². The summed E-state index contributed by atoms with van der Waals surface area (Å²) in [5.74, 6) is -0.531. The highest BCUT2D eigenvalue weighted by molar-refractivity contribution is 7.94. The molecular weight excluding hydrogens is 566 g/mol. The lowest BCUT2D eigenvalue weighted by Crippen LogP contribution is -2.23. The van der Waals surface area contributed by atoms with Gasteiger partial charge in [-0.25, -0.2) is 8.42 Å². The smallest absolute Gasteiger partial charge is 0.419 e. The number of rotatable bonds is 6. The molecule has 0 amide bonds. The zero-order valence-corrected chi connectivity index (χ0v) is 21.3. The largest absolute Gasteiger partial charge is 0.488 e. The minimum atomic E-state index is -4.74. The number of hydrogen-bond donors (Lipinski definition) is 1. The standard InChI is InChI=1S/C23H19ClF6N2O3S2/c1-32-9-8-14(12-32)35-19-10-13(6-7-18(19)23(28,29)30)31-37(33,34)20-11-16(21(24)36-20)15-4-2-3-5-17(15)22(25,26)27/h2-7,10-11,14,31H,8-9,12H2,1H3/t14-/m1/s1. The Morgan fingerprint density at radius 1 is 1.00 bits per heavy atom. The summed E-state index contributed by atoms with van der Waals surface area (Å²) in [6, 6.07) is 8.14. The molecule has 0 saturated carbocycles. The lowest BCUT2D eigenvalue weighted by Gasteiger charge is -2.19. The van der Waals surface area contributed by atoms with E-state index in [1.807, 2.05) is 4.90 Å². The van der Waals surface area contributed by atoms with Crippen molar-refractivity contribution in [2.75, 3.05) is 24.9 Å². The first-order valence-corrected chi connectivity index (χ1v) is 13.4. The molecule has 5 nitrogen and oxygen atoms in total. The van der Waals surface area contributed by atoms with E-state index in [2.05, 4.69) is 4.72 Å². The highest BCUT2D eigenvalue weighted by Crippen LogP contribution is 2.44. The molecule has 1 fully saturated rings. The van der Waals surface area contributed by atoms with Crippen LogP contribution in [-0.4, -0.2) is 39.6 Å². The first-order chi connectivity index (χ1) is 17.1. The number of likely N-dealkylation sites (N-methyl/N-ethyl adjacent to an activating group) is 1. The Kier molecular flexibility index (Phi) is 7.45. The van der Waals surface area contributed by atoms with Crippen LogP contribution in [-0.2, 0) is 22.4 Å². The minimum absolute atomic E-state index is 0.137. The number of thiophene rings is 1. The molecule has 3 aromatic rings. The number of likely N-dealkylation sites (tertiary alicyclic amines) is 1. The van der Waals surface area contributed by atoms with Crippen LogP contribution in [0.15, 0.2) is 52.7 Å². The molecule has 2 aromatic carbocycles. The molecule has 1 aliphatic heterocycles. The molecule has 0 unspecified atom stereocenters. The van der Waals surface area contributed by atoms with E-state index in [9.17, 15) is 34.8 Å². The average Bonchev–Trinajstić information content (AvgIpc) is 3.37. The van der Waals surface area contributed by atoms with E-state index < -0.39 is 49.6 Å². The van der Waals surface area contributed by atoms with E-state index in [1.165, 1.54) is 18.2 Å². The molecule has 1 N–H and O–H groups in total.